The largest absolute Gasteiger partial charge is 0.496 e. The number of nitrogens with zero attached hydrogens (tertiary/aromatic N) is 3. The molecular formula is C20H15F3N4O5S2. The van der Waals surface area contributed by atoms with Gasteiger partial charge >= 0.3 is 12.1 Å². The highest BCUT2D eigenvalue weighted by Crippen LogP contribution is 2.34. The maximum atomic E-state index is 12.6. The number of hydrogen-bond acceptors (Lipinski definition) is 8. The predicted molar refractivity (Wildman–Crippen MR) is 118 cm³/mol. The van der Waals surface area contributed by atoms with Crippen molar-refractivity contribution in [3.63, 3.8) is 0 Å². The number of alkyl halides is 3. The van der Waals surface area contributed by atoms with Gasteiger partial charge in [-0.05, 0) is 29.8 Å². The molecule has 9 nitrogen and oxygen atoms in total. The van der Waals surface area contributed by atoms with Crippen LogP contribution in [0.2, 0.25) is 0 Å². The number of methoxy groups -OCH3 is 1. The number of hydrogen-bond donors (Lipinski definition) is 2. The van der Waals surface area contributed by atoms with Crippen LogP contribution in [0.4, 0.5) is 18.3 Å². The molecule has 4 aromatic rings. The zero-order valence-electron chi connectivity index (χ0n) is 17.1. The molecule has 0 spiro atoms. The number of sulfonamides is 1. The number of pyridine rings is 1. The molecule has 2 heterocycles. The van der Waals surface area contributed by atoms with Crippen LogP contribution in [0.1, 0.15) is 0 Å². The van der Waals surface area contributed by atoms with Crippen LogP contribution in [0.5, 0.6) is 5.75 Å². The lowest BCUT2D eigenvalue weighted by Crippen LogP contribution is -2.21. The molecule has 0 fully saturated rings. The SMILES string of the molecule is COc1ccccc1-c1ccnc2cc(S(=O)(=O)Nc3ncns3)ccc12.O=C(O)C(F)(F)F. The number of halogens is 3. The van der Waals surface area contributed by atoms with Gasteiger partial charge in [-0.2, -0.15) is 17.5 Å². The summed E-state index contributed by atoms with van der Waals surface area (Å²) in [7, 11) is -2.15. The second-order valence-electron chi connectivity index (χ2n) is 6.39. The number of fused-ring (bicyclic) bond motifs is 1. The van der Waals surface area contributed by atoms with Gasteiger partial charge in [0.1, 0.15) is 12.1 Å². The fourth-order valence-electron chi connectivity index (χ4n) is 2.79. The Morgan fingerprint density at radius 3 is 2.41 bits per heavy atom. The number of nitrogens with one attached hydrogen (secondary N) is 1. The zero-order valence-corrected chi connectivity index (χ0v) is 18.8. The van der Waals surface area contributed by atoms with E-state index in [9.17, 15) is 21.6 Å². The fourth-order valence-corrected chi connectivity index (χ4v) is 4.47. The van der Waals surface area contributed by atoms with E-state index in [1.54, 1.807) is 25.4 Å². The second-order valence-corrected chi connectivity index (χ2v) is 8.86. The van der Waals surface area contributed by atoms with E-state index in [4.69, 9.17) is 14.6 Å². The minimum absolute atomic E-state index is 0.106. The van der Waals surface area contributed by atoms with E-state index in [1.165, 1.54) is 12.4 Å². The van der Waals surface area contributed by atoms with Crippen LogP contribution in [-0.2, 0) is 14.8 Å². The summed E-state index contributed by atoms with van der Waals surface area (Å²) >= 11 is 0.971. The highest BCUT2D eigenvalue weighted by Gasteiger charge is 2.38. The van der Waals surface area contributed by atoms with Crippen LogP contribution in [0.3, 0.4) is 0 Å². The third-order valence-corrected chi connectivity index (χ3v) is 6.29. The first-order chi connectivity index (χ1) is 16.0. The molecule has 0 amide bonds. The molecule has 14 heteroatoms. The molecule has 2 N–H and O–H groups in total. The summed E-state index contributed by atoms with van der Waals surface area (Å²) in [5.41, 5.74) is 2.40. The molecule has 4 rings (SSSR count). The third-order valence-electron chi connectivity index (χ3n) is 4.25. The van der Waals surface area contributed by atoms with Crippen LogP contribution >= 0.6 is 11.5 Å². The normalized spacial score (nSPS) is 11.4. The Morgan fingerprint density at radius 2 is 1.79 bits per heavy atom. The molecule has 34 heavy (non-hydrogen) atoms. The molecule has 2 aromatic carbocycles. The fraction of sp³-hybridized carbons (Fsp3) is 0.100. The van der Waals surface area contributed by atoms with Crippen molar-refractivity contribution in [1.82, 2.24) is 14.3 Å². The van der Waals surface area contributed by atoms with Gasteiger partial charge in [0.15, 0.2) is 0 Å². The van der Waals surface area contributed by atoms with E-state index in [-0.39, 0.29) is 10.0 Å². The summed E-state index contributed by atoms with van der Waals surface area (Å²) < 4.78 is 68.5. The number of benzene rings is 2. The third kappa shape index (κ3) is 5.77. The van der Waals surface area contributed by atoms with Crippen LogP contribution in [0, 0.1) is 0 Å². The van der Waals surface area contributed by atoms with E-state index in [1.807, 2.05) is 30.3 Å². The average molecular weight is 512 g/mol. The van der Waals surface area contributed by atoms with Crippen LogP contribution in [0.25, 0.3) is 22.0 Å². The van der Waals surface area contributed by atoms with Gasteiger partial charge < -0.3 is 9.84 Å². The predicted octanol–water partition coefficient (Wildman–Crippen LogP) is 4.20. The minimum Gasteiger partial charge on any atom is -0.496 e. The first kappa shape index (κ1) is 24.9. The molecule has 0 unspecified atom stereocenters. The molecule has 0 atom stereocenters. The van der Waals surface area contributed by atoms with Gasteiger partial charge in [-0.3, -0.25) is 9.71 Å². The van der Waals surface area contributed by atoms with Gasteiger partial charge in [0.2, 0.25) is 5.13 Å². The van der Waals surface area contributed by atoms with Crippen molar-refractivity contribution < 1.29 is 36.2 Å². The maximum absolute atomic E-state index is 12.6. The number of aliphatic carboxylic acids is 1. The summed E-state index contributed by atoms with van der Waals surface area (Å²) in [5, 5.41) is 8.17. The molecule has 0 aliphatic heterocycles. The Balaban J connectivity index is 0.000000406. The first-order valence-electron chi connectivity index (χ1n) is 9.14. The highest BCUT2D eigenvalue weighted by molar-refractivity contribution is 7.93. The number of carboxylic acid groups (broad SMARTS) is 1. The van der Waals surface area contributed by atoms with Gasteiger partial charge in [0, 0.05) is 28.7 Å². The number of ether oxygens (including phenoxy) is 1. The standard InChI is InChI=1S/C18H14N4O3S2.C2HF3O2/c1-25-17-5-3-2-4-15(17)13-8-9-19-16-10-12(6-7-14(13)16)27(23,24)22-18-20-11-21-26-18;3-2(4,5)1(6)7/h2-11H,1H3,(H,20,21,22);(H,6,7). The number of rotatable bonds is 5. The lowest BCUT2D eigenvalue weighted by atomic mass is 10.0. The Hall–Kier alpha value is -3.78. The first-order valence-corrected chi connectivity index (χ1v) is 11.4. The number of para-hydroxylation sites is 1. The van der Waals surface area contributed by atoms with Gasteiger partial charge in [-0.25, -0.2) is 18.2 Å². The van der Waals surface area contributed by atoms with Gasteiger partial charge in [0.05, 0.1) is 17.5 Å². The number of carbonyl (C=O) groups is 1. The van der Waals surface area contributed by atoms with Crippen LogP contribution in [-0.4, -0.2) is 47.1 Å². The molecule has 0 aliphatic rings. The smallest absolute Gasteiger partial charge is 0.490 e. The zero-order chi connectivity index (χ0) is 24.9. The highest BCUT2D eigenvalue weighted by atomic mass is 32.2. The van der Waals surface area contributed by atoms with Crippen LogP contribution in [0.15, 0.2) is 66.0 Å². The van der Waals surface area contributed by atoms with Crippen molar-refractivity contribution in [2.45, 2.75) is 11.1 Å². The molecule has 178 valence electrons. The van der Waals surface area contributed by atoms with Crippen molar-refractivity contribution in [2.24, 2.45) is 0 Å². The Labute approximate surface area is 195 Å². The molecule has 0 radical (unpaired) electrons. The van der Waals surface area contributed by atoms with Crippen LogP contribution < -0.4 is 9.46 Å². The van der Waals surface area contributed by atoms with Gasteiger partial charge in [-0.15, -0.1) is 0 Å². The Bertz CT molecular complexity index is 1410. The molecular weight excluding hydrogens is 497 g/mol. The monoisotopic (exact) mass is 512 g/mol. The Kier molecular flexibility index (Phi) is 7.32. The van der Waals surface area contributed by atoms with E-state index >= 15 is 0 Å². The number of aromatic nitrogens is 3. The van der Waals surface area contributed by atoms with E-state index < -0.39 is 22.2 Å². The molecule has 0 saturated carbocycles. The second kappa shape index (κ2) is 10.0. The lowest BCUT2D eigenvalue weighted by molar-refractivity contribution is -0.192. The number of anilines is 1. The van der Waals surface area contributed by atoms with E-state index in [0.29, 0.717) is 5.52 Å². The minimum atomic E-state index is -5.08. The molecule has 2 aromatic heterocycles. The van der Waals surface area contributed by atoms with Crippen molar-refractivity contribution in [3.8, 4) is 16.9 Å². The van der Waals surface area contributed by atoms with Gasteiger partial charge in [0.25, 0.3) is 10.0 Å². The Morgan fingerprint density at radius 1 is 1.09 bits per heavy atom. The molecule has 0 aliphatic carbocycles. The summed E-state index contributed by atoms with van der Waals surface area (Å²) in [4.78, 5) is 17.2. The van der Waals surface area contributed by atoms with Crippen molar-refractivity contribution in [3.05, 3.63) is 61.1 Å². The van der Waals surface area contributed by atoms with E-state index in [2.05, 4.69) is 19.1 Å². The number of carboxylic acids is 1. The topological polar surface area (TPSA) is 131 Å². The van der Waals surface area contributed by atoms with Crippen molar-refractivity contribution >= 4 is 43.6 Å². The van der Waals surface area contributed by atoms with Crippen molar-refractivity contribution in [1.29, 1.82) is 0 Å². The van der Waals surface area contributed by atoms with Gasteiger partial charge in [-0.1, -0.05) is 24.3 Å². The van der Waals surface area contributed by atoms with E-state index in [0.717, 1.165) is 33.8 Å². The molecule has 0 saturated heterocycles. The summed E-state index contributed by atoms with van der Waals surface area (Å²) in [6, 6.07) is 14.4. The summed E-state index contributed by atoms with van der Waals surface area (Å²) in [6.45, 7) is 0. The average Bonchev–Trinajstić information content (AvgIpc) is 3.30. The summed E-state index contributed by atoms with van der Waals surface area (Å²) in [6.07, 6.45) is -2.14. The van der Waals surface area contributed by atoms with Crippen molar-refractivity contribution in [2.75, 3.05) is 11.8 Å². The quantitative estimate of drug-likeness (QED) is 0.407. The molecule has 0 bridgehead atoms. The maximum Gasteiger partial charge on any atom is 0.490 e. The summed E-state index contributed by atoms with van der Waals surface area (Å²) in [5.74, 6) is -2.02. The lowest BCUT2D eigenvalue weighted by Gasteiger charge is -2.12.